The minimum atomic E-state index is -0.465. The summed E-state index contributed by atoms with van der Waals surface area (Å²) < 4.78 is 5.46. The highest BCUT2D eigenvalue weighted by atomic mass is 32.1. The van der Waals surface area contributed by atoms with Crippen LogP contribution in [-0.2, 0) is 11.3 Å². The number of carbonyl (C=O) groups excluding carboxylic acids is 2. The largest absolute Gasteiger partial charge is 0.496 e. The third-order valence-electron chi connectivity index (χ3n) is 6.86. The molecule has 0 radical (unpaired) electrons. The fourth-order valence-electron chi connectivity index (χ4n) is 5.32. The second-order valence-electron chi connectivity index (χ2n) is 8.71. The number of fused-ring (bicyclic) bond motifs is 1. The molecule has 2 heterocycles. The molecule has 2 amide bonds. The van der Waals surface area contributed by atoms with E-state index >= 15 is 0 Å². The molecular formula is C27H28N2O3S. The number of hydrogen-bond donors (Lipinski definition) is 1. The van der Waals surface area contributed by atoms with Crippen LogP contribution in [0.1, 0.15) is 64.0 Å². The molecule has 1 saturated carbocycles. The Morgan fingerprint density at radius 2 is 1.82 bits per heavy atom. The molecule has 2 aliphatic rings. The van der Waals surface area contributed by atoms with Crippen molar-refractivity contribution in [1.29, 1.82) is 0 Å². The van der Waals surface area contributed by atoms with Gasteiger partial charge < -0.3 is 15.0 Å². The number of hydrogen-bond acceptors (Lipinski definition) is 4. The Morgan fingerprint density at radius 3 is 2.58 bits per heavy atom. The van der Waals surface area contributed by atoms with Crippen molar-refractivity contribution in [1.82, 2.24) is 10.2 Å². The van der Waals surface area contributed by atoms with Crippen molar-refractivity contribution in [3.05, 3.63) is 87.6 Å². The first-order valence-corrected chi connectivity index (χ1v) is 12.4. The van der Waals surface area contributed by atoms with Crippen LogP contribution in [-0.4, -0.2) is 29.9 Å². The molecule has 3 aromatic rings. The molecule has 0 bridgehead atoms. The van der Waals surface area contributed by atoms with Gasteiger partial charge in [0.25, 0.3) is 5.91 Å². The number of carbonyl (C=O) groups is 2. The first-order chi connectivity index (χ1) is 16.2. The third kappa shape index (κ3) is 4.04. The molecule has 33 heavy (non-hydrogen) atoms. The van der Waals surface area contributed by atoms with Gasteiger partial charge in [-0.15, -0.1) is 11.3 Å². The smallest absolute Gasteiger partial charge is 0.254 e. The van der Waals surface area contributed by atoms with Crippen molar-refractivity contribution in [2.45, 2.75) is 50.2 Å². The highest BCUT2D eigenvalue weighted by molar-refractivity contribution is 7.10. The molecule has 170 valence electrons. The lowest BCUT2D eigenvalue weighted by molar-refractivity contribution is -0.124. The second kappa shape index (κ2) is 9.40. The summed E-state index contributed by atoms with van der Waals surface area (Å²) >= 11 is 1.62. The zero-order valence-electron chi connectivity index (χ0n) is 18.7. The molecule has 0 spiro atoms. The summed E-state index contributed by atoms with van der Waals surface area (Å²) in [5, 5.41) is 5.17. The average Bonchev–Trinajstić information content (AvgIpc) is 3.57. The minimum Gasteiger partial charge on any atom is -0.496 e. The molecule has 1 aliphatic heterocycles. The number of thiophene rings is 1. The molecule has 1 fully saturated rings. The van der Waals surface area contributed by atoms with E-state index in [2.05, 4.69) is 11.4 Å². The number of nitrogens with zero attached hydrogens (tertiary/aromatic N) is 1. The monoisotopic (exact) mass is 460 g/mol. The Labute approximate surface area is 198 Å². The van der Waals surface area contributed by atoms with Gasteiger partial charge in [0.1, 0.15) is 5.75 Å². The van der Waals surface area contributed by atoms with Crippen molar-refractivity contribution in [2.75, 3.05) is 7.11 Å². The van der Waals surface area contributed by atoms with E-state index in [1.807, 2.05) is 64.9 Å². The van der Waals surface area contributed by atoms with Gasteiger partial charge in [0.2, 0.25) is 5.91 Å². The van der Waals surface area contributed by atoms with Gasteiger partial charge >= 0.3 is 0 Å². The van der Waals surface area contributed by atoms with Crippen molar-refractivity contribution >= 4 is 23.2 Å². The quantitative estimate of drug-likeness (QED) is 0.543. The second-order valence-corrected chi connectivity index (χ2v) is 9.68. The van der Waals surface area contributed by atoms with Crippen molar-refractivity contribution < 1.29 is 14.3 Å². The lowest BCUT2D eigenvalue weighted by Crippen LogP contribution is -2.50. The summed E-state index contributed by atoms with van der Waals surface area (Å²) in [6.45, 7) is 0.371. The lowest BCUT2D eigenvalue weighted by atomic mass is 9.80. The van der Waals surface area contributed by atoms with Gasteiger partial charge in [-0.1, -0.05) is 55.3 Å². The van der Waals surface area contributed by atoms with Crippen LogP contribution in [0.2, 0.25) is 0 Å². The van der Waals surface area contributed by atoms with Gasteiger partial charge in [-0.05, 0) is 42.0 Å². The van der Waals surface area contributed by atoms with Crippen LogP contribution >= 0.6 is 11.3 Å². The maximum atomic E-state index is 13.8. The molecule has 5 nitrogen and oxygen atoms in total. The summed E-state index contributed by atoms with van der Waals surface area (Å²) in [6, 6.07) is 19.2. The van der Waals surface area contributed by atoms with E-state index in [1.165, 1.54) is 0 Å². The van der Waals surface area contributed by atoms with E-state index in [9.17, 15) is 9.59 Å². The molecule has 0 saturated heterocycles. The lowest BCUT2D eigenvalue weighted by Gasteiger charge is -2.44. The van der Waals surface area contributed by atoms with Crippen LogP contribution in [0.15, 0.2) is 66.0 Å². The van der Waals surface area contributed by atoms with Crippen molar-refractivity contribution in [3.63, 3.8) is 0 Å². The van der Waals surface area contributed by atoms with E-state index in [1.54, 1.807) is 18.4 Å². The predicted octanol–water partition coefficient (Wildman–Crippen LogP) is 5.30. The predicted molar refractivity (Wildman–Crippen MR) is 130 cm³/mol. The molecule has 2 aromatic carbocycles. The summed E-state index contributed by atoms with van der Waals surface area (Å²) in [5.41, 5.74) is 2.39. The average molecular weight is 461 g/mol. The molecule has 1 N–H and O–H groups in total. The molecule has 1 aromatic heterocycles. The van der Waals surface area contributed by atoms with Crippen LogP contribution in [0.25, 0.3) is 0 Å². The number of ether oxygens (including phenoxy) is 1. The number of rotatable bonds is 6. The normalized spacial score (nSPS) is 20.5. The summed E-state index contributed by atoms with van der Waals surface area (Å²) in [6.07, 6.45) is 4.23. The standard InChI is InChI=1S/C27H28N2O3S/c1-32-22-14-7-2-9-18(22)17-28-26(30)24-20-12-5-6-13-21(20)27(31)29(19-10-3-4-11-19)25(24)23-15-8-16-33-23/h2,5-9,12-16,19,24-25H,3-4,10-11,17H2,1H3,(H,28,30)/t24-,25+/m1/s1. The summed E-state index contributed by atoms with van der Waals surface area (Å²) in [5.74, 6) is 0.263. The van der Waals surface area contributed by atoms with Crippen molar-refractivity contribution in [3.8, 4) is 5.75 Å². The Hall–Kier alpha value is -3.12. The number of methoxy groups -OCH3 is 1. The fraction of sp³-hybridized carbons (Fsp3) is 0.333. The van der Waals surface area contributed by atoms with Crippen LogP contribution in [0, 0.1) is 0 Å². The zero-order chi connectivity index (χ0) is 22.8. The van der Waals surface area contributed by atoms with Crippen LogP contribution in [0.4, 0.5) is 0 Å². The Bertz CT molecular complexity index is 1140. The minimum absolute atomic E-state index is 0.0460. The number of para-hydroxylation sites is 1. The van der Waals surface area contributed by atoms with E-state index in [0.29, 0.717) is 12.1 Å². The van der Waals surface area contributed by atoms with Gasteiger partial charge in [0, 0.05) is 28.6 Å². The summed E-state index contributed by atoms with van der Waals surface area (Å²) in [7, 11) is 1.63. The highest BCUT2D eigenvalue weighted by Crippen LogP contribution is 2.47. The molecule has 6 heteroatoms. The summed E-state index contributed by atoms with van der Waals surface area (Å²) in [4.78, 5) is 30.6. The molecule has 1 aliphatic carbocycles. The van der Waals surface area contributed by atoms with Gasteiger partial charge in [-0.2, -0.15) is 0 Å². The SMILES string of the molecule is COc1ccccc1CNC(=O)[C@@H]1c2ccccc2C(=O)N(C2CCCC2)[C@H]1c1cccs1. The molecule has 0 unspecified atom stereocenters. The van der Waals surface area contributed by atoms with Crippen LogP contribution in [0.5, 0.6) is 5.75 Å². The van der Waals surface area contributed by atoms with Gasteiger partial charge in [0.15, 0.2) is 0 Å². The highest BCUT2D eigenvalue weighted by Gasteiger charge is 2.47. The molecular weight excluding hydrogens is 432 g/mol. The van der Waals surface area contributed by atoms with E-state index in [0.717, 1.165) is 47.4 Å². The Balaban J connectivity index is 1.54. The van der Waals surface area contributed by atoms with E-state index in [-0.39, 0.29) is 23.9 Å². The van der Waals surface area contributed by atoms with Crippen LogP contribution in [0.3, 0.4) is 0 Å². The molecule has 2 atom stereocenters. The first-order valence-electron chi connectivity index (χ1n) is 11.5. The van der Waals surface area contributed by atoms with Gasteiger partial charge in [-0.3, -0.25) is 9.59 Å². The molecule has 5 rings (SSSR count). The van der Waals surface area contributed by atoms with Gasteiger partial charge in [0.05, 0.1) is 19.1 Å². The topological polar surface area (TPSA) is 58.6 Å². The third-order valence-corrected chi connectivity index (χ3v) is 7.80. The Morgan fingerprint density at radius 1 is 1.06 bits per heavy atom. The zero-order valence-corrected chi connectivity index (χ0v) is 19.5. The number of amides is 2. The number of nitrogens with one attached hydrogen (secondary N) is 1. The van der Waals surface area contributed by atoms with Gasteiger partial charge in [-0.25, -0.2) is 0 Å². The number of benzene rings is 2. The van der Waals surface area contributed by atoms with Crippen LogP contribution < -0.4 is 10.1 Å². The van der Waals surface area contributed by atoms with E-state index in [4.69, 9.17) is 4.74 Å². The maximum absolute atomic E-state index is 13.8. The fourth-order valence-corrected chi connectivity index (χ4v) is 6.18. The van der Waals surface area contributed by atoms with E-state index < -0.39 is 5.92 Å². The first kappa shape index (κ1) is 21.7. The van der Waals surface area contributed by atoms with Crippen molar-refractivity contribution in [2.24, 2.45) is 0 Å². The Kier molecular flexibility index (Phi) is 6.18. The maximum Gasteiger partial charge on any atom is 0.254 e.